The smallest absolute Gasteiger partial charge is 0.322 e. The fraction of sp³-hybridized carbons (Fsp3) is 0.367. The predicted molar refractivity (Wildman–Crippen MR) is 160 cm³/mol. The molecule has 10 nitrogen and oxygen atoms in total. The van der Waals surface area contributed by atoms with Gasteiger partial charge in [-0.2, -0.15) is 0 Å². The molecule has 0 unspecified atom stereocenters. The summed E-state index contributed by atoms with van der Waals surface area (Å²) < 4.78 is 31.0. The predicted octanol–water partition coefficient (Wildman–Crippen LogP) is 5.24. The molecule has 11 heteroatoms. The number of piperidine rings is 1. The number of amides is 2. The van der Waals surface area contributed by atoms with E-state index >= 15 is 0 Å². The summed E-state index contributed by atoms with van der Waals surface area (Å²) in [6, 6.07) is 18.9. The molecule has 0 atom stereocenters. The number of carbonyl (C=O) groups excluding carboxylic acids is 1. The van der Waals surface area contributed by atoms with Crippen molar-refractivity contribution in [1.82, 2.24) is 10.2 Å². The zero-order chi connectivity index (χ0) is 29.4. The summed E-state index contributed by atoms with van der Waals surface area (Å²) in [5.74, 6) is 0.836. The fourth-order valence-corrected chi connectivity index (χ4v) is 5.26. The van der Waals surface area contributed by atoms with Gasteiger partial charge in [0.1, 0.15) is 11.5 Å². The molecule has 3 aromatic carbocycles. The second-order valence-electron chi connectivity index (χ2n) is 10.3. The molecule has 2 amide bonds. The van der Waals surface area contributed by atoms with Crippen molar-refractivity contribution in [3.8, 4) is 23.0 Å². The first kappa shape index (κ1) is 30.0. The normalized spacial score (nSPS) is 14.4. The van der Waals surface area contributed by atoms with Gasteiger partial charge in [-0.15, -0.1) is 0 Å². The molecule has 3 aromatic rings. The lowest BCUT2D eigenvalue weighted by atomic mass is 10.0. The van der Waals surface area contributed by atoms with E-state index < -0.39 is 10.0 Å². The average molecular weight is 583 g/mol. The number of anilines is 2. The first-order valence-electron chi connectivity index (χ1n) is 13.8. The Morgan fingerprint density at radius 2 is 1.61 bits per heavy atom. The molecule has 1 saturated heterocycles. The van der Waals surface area contributed by atoms with Crippen LogP contribution < -0.4 is 19.7 Å². The number of unbranched alkanes of at least 4 members (excludes halogenated alkanes) is 1. The van der Waals surface area contributed by atoms with E-state index in [-0.39, 0.29) is 23.6 Å². The van der Waals surface area contributed by atoms with E-state index in [0.717, 1.165) is 57.1 Å². The van der Waals surface area contributed by atoms with E-state index in [9.17, 15) is 23.4 Å². The number of urea groups is 1. The van der Waals surface area contributed by atoms with Crippen LogP contribution in [-0.4, -0.2) is 61.5 Å². The third kappa shape index (κ3) is 9.02. The number of benzene rings is 3. The molecule has 1 aliphatic rings. The molecule has 0 aliphatic carbocycles. The van der Waals surface area contributed by atoms with Crippen LogP contribution in [-0.2, 0) is 16.6 Å². The minimum absolute atomic E-state index is 0.0587. The second kappa shape index (κ2) is 13.6. The summed E-state index contributed by atoms with van der Waals surface area (Å²) in [5.41, 5.74) is 2.19. The number of nitrogens with one attached hydrogen (secondary N) is 2. The van der Waals surface area contributed by atoms with Crippen LogP contribution >= 0.6 is 0 Å². The molecule has 220 valence electrons. The van der Waals surface area contributed by atoms with Crippen molar-refractivity contribution in [2.45, 2.75) is 45.2 Å². The number of hydrogen-bond acceptors (Lipinski definition) is 7. The number of rotatable bonds is 11. The molecule has 1 fully saturated rings. The zero-order valence-electron chi connectivity index (χ0n) is 23.4. The van der Waals surface area contributed by atoms with Gasteiger partial charge in [0, 0.05) is 49.7 Å². The third-order valence-corrected chi connectivity index (χ3v) is 7.50. The first-order chi connectivity index (χ1) is 19.6. The van der Waals surface area contributed by atoms with Crippen LogP contribution in [0.5, 0.6) is 23.0 Å². The average Bonchev–Trinajstić information content (AvgIpc) is 2.93. The van der Waals surface area contributed by atoms with Crippen molar-refractivity contribution in [2.24, 2.45) is 0 Å². The van der Waals surface area contributed by atoms with Crippen LogP contribution in [0.1, 0.15) is 38.2 Å². The Morgan fingerprint density at radius 1 is 0.976 bits per heavy atom. The van der Waals surface area contributed by atoms with Gasteiger partial charge in [0.2, 0.25) is 10.0 Å². The summed E-state index contributed by atoms with van der Waals surface area (Å²) in [5, 5.41) is 22.7. The molecule has 41 heavy (non-hydrogen) atoms. The highest BCUT2D eigenvalue weighted by Crippen LogP contribution is 2.30. The summed E-state index contributed by atoms with van der Waals surface area (Å²) >= 11 is 0. The maximum Gasteiger partial charge on any atom is 0.322 e. The van der Waals surface area contributed by atoms with E-state index in [1.807, 2.05) is 24.3 Å². The maximum absolute atomic E-state index is 13.1. The number of ether oxygens (including phenoxy) is 1. The number of carbonyl (C=O) groups is 1. The molecule has 0 radical (unpaired) electrons. The van der Waals surface area contributed by atoms with E-state index in [4.69, 9.17) is 4.74 Å². The van der Waals surface area contributed by atoms with E-state index in [1.54, 1.807) is 35.2 Å². The molecule has 0 spiro atoms. The van der Waals surface area contributed by atoms with Crippen molar-refractivity contribution >= 4 is 27.4 Å². The Labute approximate surface area is 241 Å². The monoisotopic (exact) mass is 582 g/mol. The second-order valence-corrected chi connectivity index (χ2v) is 12.1. The lowest BCUT2D eigenvalue weighted by Crippen LogP contribution is -2.49. The SMILES string of the molecule is CCCCN(C(=O)NC1CCN(Cc2ccc(Oc3ccc(NS(C)(=O)=O)cc3)cc2)CC1)c1ccc(O)c(O)c1. The molecular weight excluding hydrogens is 544 g/mol. The quantitative estimate of drug-likeness (QED) is 0.227. The summed E-state index contributed by atoms with van der Waals surface area (Å²) in [7, 11) is -3.32. The van der Waals surface area contributed by atoms with E-state index in [0.29, 0.717) is 29.4 Å². The molecule has 1 heterocycles. The third-order valence-electron chi connectivity index (χ3n) is 6.89. The Kier molecular flexibility index (Phi) is 9.95. The van der Waals surface area contributed by atoms with E-state index in [2.05, 4.69) is 21.9 Å². The van der Waals surface area contributed by atoms with Gasteiger partial charge >= 0.3 is 6.03 Å². The lowest BCUT2D eigenvalue weighted by molar-refractivity contribution is 0.188. The van der Waals surface area contributed by atoms with Gasteiger partial charge in [-0.05, 0) is 73.4 Å². The standard InChI is InChI=1S/C30H38N4O6S/c1-3-4-17-34(25-9-14-28(35)29(36)20-25)30(37)31-23-15-18-33(19-16-23)21-22-5-10-26(11-6-22)40-27-12-7-24(8-13-27)32-41(2,38)39/h5-14,20,23,32,35-36H,3-4,15-19,21H2,1-2H3,(H,31,37). The van der Waals surface area contributed by atoms with Gasteiger partial charge in [-0.3, -0.25) is 14.5 Å². The minimum Gasteiger partial charge on any atom is -0.504 e. The van der Waals surface area contributed by atoms with Crippen LogP contribution in [0, 0.1) is 0 Å². The number of phenolic OH excluding ortho intramolecular Hbond substituents is 2. The number of likely N-dealkylation sites (tertiary alicyclic amines) is 1. The minimum atomic E-state index is -3.32. The largest absolute Gasteiger partial charge is 0.504 e. The number of hydrogen-bond donors (Lipinski definition) is 4. The summed E-state index contributed by atoms with van der Waals surface area (Å²) in [6.45, 7) is 5.08. The van der Waals surface area contributed by atoms with Crippen molar-refractivity contribution in [1.29, 1.82) is 0 Å². The van der Waals surface area contributed by atoms with Crippen molar-refractivity contribution in [3.05, 3.63) is 72.3 Å². The van der Waals surface area contributed by atoms with Crippen LogP contribution in [0.15, 0.2) is 66.7 Å². The molecule has 0 aromatic heterocycles. The van der Waals surface area contributed by atoms with E-state index in [1.165, 1.54) is 12.1 Å². The van der Waals surface area contributed by atoms with Crippen LogP contribution in [0.3, 0.4) is 0 Å². The number of aromatic hydroxyl groups is 2. The molecule has 0 bridgehead atoms. The Morgan fingerprint density at radius 3 is 2.20 bits per heavy atom. The highest BCUT2D eigenvalue weighted by Gasteiger charge is 2.24. The number of phenols is 2. The number of sulfonamides is 1. The van der Waals surface area contributed by atoms with Crippen molar-refractivity contribution < 1.29 is 28.2 Å². The highest BCUT2D eigenvalue weighted by atomic mass is 32.2. The fourth-order valence-electron chi connectivity index (χ4n) is 4.69. The first-order valence-corrected chi connectivity index (χ1v) is 15.7. The van der Waals surface area contributed by atoms with Crippen molar-refractivity contribution in [2.75, 3.05) is 35.5 Å². The maximum atomic E-state index is 13.1. The molecule has 4 N–H and O–H groups in total. The van der Waals surface area contributed by atoms with Crippen LogP contribution in [0.2, 0.25) is 0 Å². The van der Waals surface area contributed by atoms with Gasteiger partial charge in [0.05, 0.1) is 6.26 Å². The molecule has 4 rings (SSSR count). The van der Waals surface area contributed by atoms with Gasteiger partial charge in [-0.25, -0.2) is 13.2 Å². The summed E-state index contributed by atoms with van der Waals surface area (Å²) in [4.78, 5) is 17.1. The lowest BCUT2D eigenvalue weighted by Gasteiger charge is -2.34. The van der Waals surface area contributed by atoms with Crippen LogP contribution in [0.4, 0.5) is 16.2 Å². The van der Waals surface area contributed by atoms with Crippen molar-refractivity contribution in [3.63, 3.8) is 0 Å². The number of nitrogens with zero attached hydrogens (tertiary/aromatic N) is 2. The summed E-state index contributed by atoms with van der Waals surface area (Å²) in [6.07, 6.45) is 4.53. The zero-order valence-corrected chi connectivity index (χ0v) is 24.2. The van der Waals surface area contributed by atoms with Crippen LogP contribution in [0.25, 0.3) is 0 Å². The molecule has 1 aliphatic heterocycles. The topological polar surface area (TPSA) is 131 Å². The molecule has 0 saturated carbocycles. The van der Waals surface area contributed by atoms with Gasteiger partial charge < -0.3 is 20.3 Å². The van der Waals surface area contributed by atoms with Gasteiger partial charge in [0.25, 0.3) is 0 Å². The Balaban J connectivity index is 1.25. The highest BCUT2D eigenvalue weighted by molar-refractivity contribution is 7.92. The molecular formula is C30H38N4O6S. The Hall–Kier alpha value is -3.96. The van der Waals surface area contributed by atoms with Gasteiger partial charge in [-0.1, -0.05) is 25.5 Å². The van der Waals surface area contributed by atoms with Gasteiger partial charge in [0.15, 0.2) is 11.5 Å². The Bertz CT molecular complexity index is 1410.